The van der Waals surface area contributed by atoms with Crippen LogP contribution in [0.4, 0.5) is 5.82 Å². The lowest BCUT2D eigenvalue weighted by Crippen LogP contribution is -2.44. The summed E-state index contributed by atoms with van der Waals surface area (Å²) in [6.07, 6.45) is 7.84. The largest absolute Gasteiger partial charge is 0.376 e. The van der Waals surface area contributed by atoms with Crippen molar-refractivity contribution in [3.05, 3.63) is 24.4 Å². The highest BCUT2D eigenvalue weighted by Crippen LogP contribution is 2.27. The van der Waals surface area contributed by atoms with Crippen LogP contribution < -0.4 is 10.6 Å². The van der Waals surface area contributed by atoms with Gasteiger partial charge in [-0.15, -0.1) is 0 Å². The summed E-state index contributed by atoms with van der Waals surface area (Å²) in [5.74, 6) is 1.29. The molecule has 2 fully saturated rings. The molecular formula is C18H27N3O2. The minimum absolute atomic E-state index is 0.148. The summed E-state index contributed by atoms with van der Waals surface area (Å²) in [5, 5.41) is 6.68. The van der Waals surface area contributed by atoms with Gasteiger partial charge in [0.25, 0.3) is 0 Å². The number of carbonyl (C=O) groups excluding carboxylic acids is 1. The topological polar surface area (TPSA) is 63.2 Å². The number of hydrogen-bond acceptors (Lipinski definition) is 4. The number of carbonyl (C=O) groups is 1. The molecule has 1 amide bonds. The Balaban J connectivity index is 1.44. The first-order valence-corrected chi connectivity index (χ1v) is 8.85. The number of ether oxygens (including phenoxy) is 1. The van der Waals surface area contributed by atoms with Crippen LogP contribution in [0, 0.1) is 5.92 Å². The van der Waals surface area contributed by atoms with Crippen LogP contribution in [0.1, 0.15) is 45.4 Å². The van der Waals surface area contributed by atoms with Gasteiger partial charge in [-0.1, -0.05) is 13.0 Å². The fraction of sp³-hybridized carbons (Fsp3) is 0.667. The number of nitrogens with one attached hydrogen (secondary N) is 2. The molecule has 1 saturated heterocycles. The molecule has 1 saturated carbocycles. The van der Waals surface area contributed by atoms with Crippen LogP contribution >= 0.6 is 0 Å². The van der Waals surface area contributed by atoms with Gasteiger partial charge in [-0.05, 0) is 50.7 Å². The molecule has 2 aliphatic rings. The third-order valence-corrected chi connectivity index (χ3v) is 5.05. The minimum Gasteiger partial charge on any atom is -0.376 e. The standard InChI is InChI=1S/C18H27N3O2/c1-2-16-15(10-12-23-16)21-18(22)13-6-8-14(9-7-13)20-17-5-3-4-11-19-17/h3-5,11,13-16H,2,6-10,12H2,1H3,(H,19,20)(H,21,22)/t13?,14?,15-,16+/m1/s1. The minimum atomic E-state index is 0.148. The molecule has 5 heteroatoms. The van der Waals surface area contributed by atoms with E-state index in [0.29, 0.717) is 6.04 Å². The Kier molecular flexibility index (Phi) is 5.49. The molecular weight excluding hydrogens is 290 g/mol. The summed E-state index contributed by atoms with van der Waals surface area (Å²) < 4.78 is 5.65. The van der Waals surface area contributed by atoms with Gasteiger partial charge in [-0.25, -0.2) is 4.98 Å². The molecule has 0 bridgehead atoms. The maximum atomic E-state index is 12.5. The molecule has 2 atom stereocenters. The number of nitrogens with zero attached hydrogens (tertiary/aromatic N) is 1. The maximum absolute atomic E-state index is 12.5. The molecule has 0 radical (unpaired) electrons. The monoisotopic (exact) mass is 317 g/mol. The van der Waals surface area contributed by atoms with Crippen LogP contribution in [0.5, 0.6) is 0 Å². The first-order chi connectivity index (χ1) is 11.3. The normalized spacial score (nSPS) is 30.8. The second-order valence-electron chi connectivity index (χ2n) is 6.63. The zero-order valence-electron chi connectivity index (χ0n) is 13.8. The molecule has 3 rings (SSSR count). The number of pyridine rings is 1. The molecule has 23 heavy (non-hydrogen) atoms. The zero-order chi connectivity index (χ0) is 16.1. The second kappa shape index (κ2) is 7.77. The number of rotatable bonds is 5. The van der Waals surface area contributed by atoms with Crippen molar-refractivity contribution in [2.45, 2.75) is 63.6 Å². The Bertz CT molecular complexity index is 500. The number of amides is 1. The van der Waals surface area contributed by atoms with Crippen molar-refractivity contribution in [2.75, 3.05) is 11.9 Å². The fourth-order valence-electron chi connectivity index (χ4n) is 3.67. The highest BCUT2D eigenvalue weighted by atomic mass is 16.5. The number of aromatic nitrogens is 1. The first-order valence-electron chi connectivity index (χ1n) is 8.85. The smallest absolute Gasteiger partial charge is 0.223 e. The zero-order valence-corrected chi connectivity index (χ0v) is 13.8. The Hall–Kier alpha value is -1.62. The SMILES string of the molecule is CC[C@@H]1OCC[C@H]1NC(=O)C1CCC(Nc2ccccn2)CC1. The average Bonchev–Trinajstić information content (AvgIpc) is 3.03. The van der Waals surface area contributed by atoms with E-state index in [1.807, 2.05) is 18.2 Å². The van der Waals surface area contributed by atoms with E-state index in [-0.39, 0.29) is 24.0 Å². The van der Waals surface area contributed by atoms with E-state index in [2.05, 4.69) is 22.5 Å². The molecule has 1 aliphatic heterocycles. The lowest BCUT2D eigenvalue weighted by atomic mass is 9.85. The van der Waals surface area contributed by atoms with Crippen molar-refractivity contribution in [1.29, 1.82) is 0 Å². The van der Waals surface area contributed by atoms with Crippen LogP contribution in [-0.2, 0) is 9.53 Å². The molecule has 5 nitrogen and oxygen atoms in total. The van der Waals surface area contributed by atoms with Gasteiger partial charge < -0.3 is 15.4 Å². The van der Waals surface area contributed by atoms with Crippen molar-refractivity contribution in [1.82, 2.24) is 10.3 Å². The van der Waals surface area contributed by atoms with Crippen molar-refractivity contribution < 1.29 is 9.53 Å². The predicted molar refractivity (Wildman–Crippen MR) is 90.2 cm³/mol. The Morgan fingerprint density at radius 3 is 2.78 bits per heavy atom. The van der Waals surface area contributed by atoms with Crippen LogP contribution in [0.25, 0.3) is 0 Å². The molecule has 0 spiro atoms. The van der Waals surface area contributed by atoms with Crippen molar-refractivity contribution in [3.63, 3.8) is 0 Å². The van der Waals surface area contributed by atoms with Gasteiger partial charge >= 0.3 is 0 Å². The summed E-state index contributed by atoms with van der Waals surface area (Å²) in [6, 6.07) is 6.53. The predicted octanol–water partition coefficient (Wildman–Crippen LogP) is 2.74. The molecule has 1 aromatic heterocycles. The molecule has 126 valence electrons. The molecule has 2 N–H and O–H groups in total. The van der Waals surface area contributed by atoms with Crippen LogP contribution in [0.3, 0.4) is 0 Å². The summed E-state index contributed by atoms with van der Waals surface area (Å²) in [5.41, 5.74) is 0. The third-order valence-electron chi connectivity index (χ3n) is 5.05. The van der Waals surface area contributed by atoms with E-state index in [0.717, 1.165) is 50.9 Å². The van der Waals surface area contributed by atoms with E-state index in [4.69, 9.17) is 4.74 Å². The van der Waals surface area contributed by atoms with E-state index < -0.39 is 0 Å². The van der Waals surface area contributed by atoms with Crippen molar-refractivity contribution >= 4 is 11.7 Å². The fourth-order valence-corrected chi connectivity index (χ4v) is 3.67. The molecule has 1 aromatic rings. The van der Waals surface area contributed by atoms with Gasteiger partial charge in [-0.3, -0.25) is 4.79 Å². The highest BCUT2D eigenvalue weighted by molar-refractivity contribution is 5.79. The van der Waals surface area contributed by atoms with E-state index in [1.165, 1.54) is 0 Å². The number of anilines is 1. The van der Waals surface area contributed by atoms with Crippen LogP contribution in [0.15, 0.2) is 24.4 Å². The van der Waals surface area contributed by atoms with Gasteiger partial charge in [0.1, 0.15) is 5.82 Å². The van der Waals surface area contributed by atoms with E-state index in [1.54, 1.807) is 6.20 Å². The third kappa shape index (κ3) is 4.22. The summed E-state index contributed by atoms with van der Waals surface area (Å²) >= 11 is 0. The van der Waals surface area contributed by atoms with E-state index >= 15 is 0 Å². The Morgan fingerprint density at radius 1 is 1.26 bits per heavy atom. The van der Waals surface area contributed by atoms with Gasteiger partial charge in [0, 0.05) is 24.8 Å². The Labute approximate surface area is 138 Å². The second-order valence-corrected chi connectivity index (χ2v) is 6.63. The average molecular weight is 317 g/mol. The van der Waals surface area contributed by atoms with Gasteiger partial charge in [0.2, 0.25) is 5.91 Å². The molecule has 2 heterocycles. The summed E-state index contributed by atoms with van der Waals surface area (Å²) in [6.45, 7) is 2.88. The molecule has 1 aliphatic carbocycles. The van der Waals surface area contributed by atoms with Crippen molar-refractivity contribution in [3.8, 4) is 0 Å². The first kappa shape index (κ1) is 16.2. The Morgan fingerprint density at radius 2 is 2.09 bits per heavy atom. The maximum Gasteiger partial charge on any atom is 0.223 e. The lowest BCUT2D eigenvalue weighted by Gasteiger charge is -2.30. The quantitative estimate of drug-likeness (QED) is 0.876. The van der Waals surface area contributed by atoms with Crippen LogP contribution in [0.2, 0.25) is 0 Å². The van der Waals surface area contributed by atoms with Gasteiger partial charge in [-0.2, -0.15) is 0 Å². The highest BCUT2D eigenvalue weighted by Gasteiger charge is 2.32. The lowest BCUT2D eigenvalue weighted by molar-refractivity contribution is -0.127. The van der Waals surface area contributed by atoms with E-state index in [9.17, 15) is 4.79 Å². The van der Waals surface area contributed by atoms with Crippen molar-refractivity contribution in [2.24, 2.45) is 5.92 Å². The van der Waals surface area contributed by atoms with Crippen LogP contribution in [-0.4, -0.2) is 35.7 Å². The van der Waals surface area contributed by atoms with Gasteiger partial charge in [0.15, 0.2) is 0 Å². The summed E-state index contributed by atoms with van der Waals surface area (Å²) in [4.78, 5) is 16.8. The van der Waals surface area contributed by atoms with Gasteiger partial charge in [0.05, 0.1) is 12.1 Å². The molecule has 0 unspecified atom stereocenters. The summed E-state index contributed by atoms with van der Waals surface area (Å²) in [7, 11) is 0. The number of hydrogen-bond donors (Lipinski definition) is 2. The molecule has 0 aromatic carbocycles.